The minimum Gasteiger partial charge on any atom is -0.456 e. The number of aryl methyl sites for hydroxylation is 7. The van der Waals surface area contributed by atoms with Crippen LogP contribution in [0.25, 0.3) is 65.4 Å². The topological polar surface area (TPSA) is 32.8 Å². The number of hydrogen-bond acceptors (Lipinski definition) is 4. The van der Waals surface area contributed by atoms with Crippen LogP contribution < -0.4 is 9.80 Å². The first-order chi connectivity index (χ1) is 29.6. The first kappa shape index (κ1) is 36.8. The Morgan fingerprint density at radius 2 is 0.738 bits per heavy atom. The molecule has 11 rings (SSSR count). The first-order valence-electron chi connectivity index (χ1n) is 21.1. The van der Waals surface area contributed by atoms with Gasteiger partial charge in [0.05, 0.1) is 0 Å². The van der Waals surface area contributed by atoms with E-state index in [1.54, 1.807) is 0 Å². The maximum Gasteiger partial charge on any atom is 0.142 e. The van der Waals surface area contributed by atoms with Gasteiger partial charge in [0, 0.05) is 61.2 Å². The van der Waals surface area contributed by atoms with Crippen molar-refractivity contribution in [3.63, 3.8) is 0 Å². The molecule has 4 heteroatoms. The van der Waals surface area contributed by atoms with Gasteiger partial charge < -0.3 is 18.6 Å². The third-order valence-electron chi connectivity index (χ3n) is 12.5. The van der Waals surface area contributed by atoms with Crippen LogP contribution in [0.15, 0.2) is 160 Å². The lowest BCUT2D eigenvalue weighted by atomic mass is 10.0. The van der Waals surface area contributed by atoms with Gasteiger partial charge in [-0.1, -0.05) is 60.7 Å². The van der Waals surface area contributed by atoms with E-state index in [1.165, 1.54) is 44.2 Å². The molecule has 9 aromatic carbocycles. The largest absolute Gasteiger partial charge is 0.456 e. The molecular weight excluding hydrogens is 745 g/mol. The number of hydrogen-bond donors (Lipinski definition) is 0. The molecule has 0 bridgehead atoms. The molecule has 4 nitrogen and oxygen atoms in total. The van der Waals surface area contributed by atoms with Crippen LogP contribution in [0.5, 0.6) is 0 Å². The summed E-state index contributed by atoms with van der Waals surface area (Å²) in [5.41, 5.74) is 18.7. The highest BCUT2D eigenvalue weighted by Gasteiger charge is 2.21. The molecule has 296 valence electrons. The number of anilines is 6. The molecule has 0 radical (unpaired) electrons. The lowest BCUT2D eigenvalue weighted by Gasteiger charge is -2.28. The summed E-state index contributed by atoms with van der Waals surface area (Å²) in [6.07, 6.45) is 0. The lowest BCUT2D eigenvalue weighted by molar-refractivity contribution is 0.651. The predicted octanol–water partition coefficient (Wildman–Crippen LogP) is 16.9. The molecule has 0 saturated carbocycles. The van der Waals surface area contributed by atoms with Crippen molar-refractivity contribution in [3.8, 4) is 0 Å². The lowest BCUT2D eigenvalue weighted by Crippen LogP contribution is -2.11. The number of fused-ring (bicyclic) bond motifs is 8. The van der Waals surface area contributed by atoms with Gasteiger partial charge in [-0.25, -0.2) is 0 Å². The van der Waals surface area contributed by atoms with Gasteiger partial charge >= 0.3 is 0 Å². The monoisotopic (exact) mass is 790 g/mol. The number of furan rings is 2. The van der Waals surface area contributed by atoms with Gasteiger partial charge in [0.25, 0.3) is 0 Å². The van der Waals surface area contributed by atoms with Crippen molar-refractivity contribution >= 4 is 99.5 Å². The normalized spacial score (nSPS) is 11.9. The van der Waals surface area contributed by atoms with Crippen molar-refractivity contribution < 1.29 is 8.83 Å². The van der Waals surface area contributed by atoms with E-state index in [0.717, 1.165) is 94.3 Å². The predicted molar refractivity (Wildman–Crippen MR) is 259 cm³/mol. The van der Waals surface area contributed by atoms with Gasteiger partial charge in [-0.15, -0.1) is 0 Å². The van der Waals surface area contributed by atoms with Crippen LogP contribution in [0.3, 0.4) is 0 Å². The molecule has 0 unspecified atom stereocenters. The Morgan fingerprint density at radius 1 is 0.328 bits per heavy atom. The van der Waals surface area contributed by atoms with Crippen molar-refractivity contribution in [2.24, 2.45) is 0 Å². The van der Waals surface area contributed by atoms with Crippen molar-refractivity contribution in [2.45, 2.75) is 48.5 Å². The molecule has 2 heterocycles. The summed E-state index contributed by atoms with van der Waals surface area (Å²) in [5, 5.41) is 9.00. The molecule has 11 aromatic rings. The maximum atomic E-state index is 6.77. The van der Waals surface area contributed by atoms with E-state index in [1.807, 2.05) is 0 Å². The summed E-state index contributed by atoms with van der Waals surface area (Å²) in [6.45, 7) is 15.1. The average molecular weight is 791 g/mol. The van der Waals surface area contributed by atoms with Crippen LogP contribution in [0, 0.1) is 48.5 Å². The van der Waals surface area contributed by atoms with Crippen LogP contribution in [0.1, 0.15) is 38.9 Å². The Labute approximate surface area is 355 Å². The second-order valence-electron chi connectivity index (χ2n) is 17.2. The molecule has 0 atom stereocenters. The number of benzene rings is 9. The molecule has 61 heavy (non-hydrogen) atoms. The Morgan fingerprint density at radius 3 is 1.15 bits per heavy atom. The average Bonchev–Trinajstić information content (AvgIpc) is 3.77. The minimum absolute atomic E-state index is 0.864. The zero-order valence-corrected chi connectivity index (χ0v) is 35.6. The van der Waals surface area contributed by atoms with Gasteiger partial charge in [0.1, 0.15) is 22.3 Å². The molecule has 2 aromatic heterocycles. The van der Waals surface area contributed by atoms with E-state index in [0.29, 0.717) is 0 Å². The molecule has 0 aliphatic carbocycles. The van der Waals surface area contributed by atoms with Crippen molar-refractivity contribution in [3.05, 3.63) is 191 Å². The van der Waals surface area contributed by atoms with Crippen molar-refractivity contribution in [2.75, 3.05) is 9.80 Å². The SMILES string of the molecule is Cc1cc(C)cc(N(c2ccc3cc4c(cc3c2)oc2c(C)c3oc5cc6cc(N(c7cc(C)cc(C)c7)c7ccccc7C)ccc6cc5c3cc24)c2ccccc2C)c1. The van der Waals surface area contributed by atoms with E-state index in [-0.39, 0.29) is 0 Å². The molecule has 0 aliphatic rings. The summed E-state index contributed by atoms with van der Waals surface area (Å²) >= 11 is 0. The number of para-hydroxylation sites is 2. The third-order valence-corrected chi connectivity index (χ3v) is 12.5. The standard InChI is InChI=1S/C57H46N2O2/c1-33-20-34(2)23-46(22-33)58(52-14-10-8-12-37(52)5)44-18-16-40-28-48-50-32-51-49-29-41-17-19-45(59(53-15-11-9-13-38(53)6)47-24-35(3)21-36(4)25-47)27-43(41)31-55(49)61-57(51)39(7)56(50)60-54(48)30-42(40)26-44/h8-32H,1-7H3. The van der Waals surface area contributed by atoms with Gasteiger partial charge in [-0.05, 0) is 194 Å². The fourth-order valence-corrected chi connectivity index (χ4v) is 9.70. The molecule has 0 amide bonds. The van der Waals surface area contributed by atoms with Crippen LogP contribution in [0.4, 0.5) is 34.1 Å². The summed E-state index contributed by atoms with van der Waals surface area (Å²) in [5.74, 6) is 0. The Bertz CT molecular complexity index is 3310. The fourth-order valence-electron chi connectivity index (χ4n) is 9.70. The molecule has 0 N–H and O–H groups in total. The zero-order chi connectivity index (χ0) is 41.7. The Balaban J connectivity index is 1.03. The van der Waals surface area contributed by atoms with Crippen molar-refractivity contribution in [1.29, 1.82) is 0 Å². The second kappa shape index (κ2) is 13.9. The molecule has 0 aliphatic heterocycles. The van der Waals surface area contributed by atoms with Crippen LogP contribution in [-0.4, -0.2) is 0 Å². The maximum absolute atomic E-state index is 6.77. The summed E-state index contributed by atoms with van der Waals surface area (Å²) in [7, 11) is 0. The van der Waals surface area contributed by atoms with E-state index >= 15 is 0 Å². The quantitative estimate of drug-likeness (QED) is 0.168. The molecule has 0 saturated heterocycles. The van der Waals surface area contributed by atoms with E-state index < -0.39 is 0 Å². The number of nitrogens with zero attached hydrogens (tertiary/aromatic N) is 2. The second-order valence-corrected chi connectivity index (χ2v) is 17.2. The van der Waals surface area contributed by atoms with E-state index in [9.17, 15) is 0 Å². The zero-order valence-electron chi connectivity index (χ0n) is 35.6. The highest BCUT2D eigenvalue weighted by Crippen LogP contribution is 2.45. The highest BCUT2D eigenvalue weighted by molar-refractivity contribution is 6.20. The van der Waals surface area contributed by atoms with Gasteiger partial charge in [-0.3, -0.25) is 0 Å². The van der Waals surface area contributed by atoms with Gasteiger partial charge in [0.15, 0.2) is 0 Å². The van der Waals surface area contributed by atoms with Gasteiger partial charge in [0.2, 0.25) is 0 Å². The smallest absolute Gasteiger partial charge is 0.142 e. The third kappa shape index (κ3) is 6.13. The molecule has 0 fully saturated rings. The van der Waals surface area contributed by atoms with Crippen LogP contribution in [-0.2, 0) is 0 Å². The Hall–Kier alpha value is -7.30. The molecular formula is C57H46N2O2. The van der Waals surface area contributed by atoms with Crippen LogP contribution in [0.2, 0.25) is 0 Å². The fraction of sp³-hybridized carbons (Fsp3) is 0.123. The highest BCUT2D eigenvalue weighted by atomic mass is 16.3. The Kier molecular flexibility index (Phi) is 8.37. The van der Waals surface area contributed by atoms with Crippen molar-refractivity contribution in [1.82, 2.24) is 0 Å². The minimum atomic E-state index is 0.864. The summed E-state index contributed by atoms with van der Waals surface area (Å²) < 4.78 is 13.5. The number of rotatable bonds is 6. The summed E-state index contributed by atoms with van der Waals surface area (Å²) in [4.78, 5) is 4.74. The van der Waals surface area contributed by atoms with E-state index in [4.69, 9.17) is 8.83 Å². The summed E-state index contributed by atoms with van der Waals surface area (Å²) in [6, 6.07) is 55.5. The van der Waals surface area contributed by atoms with E-state index in [2.05, 4.69) is 210 Å². The molecule has 0 spiro atoms. The van der Waals surface area contributed by atoms with Gasteiger partial charge in [-0.2, -0.15) is 0 Å². The first-order valence-corrected chi connectivity index (χ1v) is 21.1. The van der Waals surface area contributed by atoms with Crippen LogP contribution >= 0.6 is 0 Å².